The fraction of sp³-hybridized carbons (Fsp3) is 0.929. The van der Waals surface area contributed by atoms with Crippen LogP contribution in [-0.4, -0.2) is 56.6 Å². The van der Waals surface area contributed by atoms with Crippen molar-refractivity contribution in [1.29, 1.82) is 0 Å². The molecule has 1 aliphatic carbocycles. The molecular formula is C14H28N2O2S. The fourth-order valence-electron chi connectivity index (χ4n) is 2.43. The van der Waals surface area contributed by atoms with Gasteiger partial charge in [0, 0.05) is 40.0 Å². The molecule has 0 aromatic heterocycles. The third kappa shape index (κ3) is 7.09. The lowest BCUT2D eigenvalue weighted by Gasteiger charge is -2.30. The minimum atomic E-state index is 0.564. The van der Waals surface area contributed by atoms with Gasteiger partial charge in [0.25, 0.3) is 0 Å². The standard InChI is InChI=1S/C14H28N2O2S/c1-17-11-6-9-16(10-12-18-2)14(19)15-13-7-4-3-5-8-13/h13H,3-12H2,1-2H3,(H,15,19). The van der Waals surface area contributed by atoms with Crippen molar-refractivity contribution < 1.29 is 9.47 Å². The van der Waals surface area contributed by atoms with E-state index in [-0.39, 0.29) is 0 Å². The zero-order valence-corrected chi connectivity index (χ0v) is 13.1. The van der Waals surface area contributed by atoms with Crippen molar-refractivity contribution in [2.45, 2.75) is 44.6 Å². The Kier molecular flexibility index (Phi) is 9.12. The van der Waals surface area contributed by atoms with Gasteiger partial charge in [-0.3, -0.25) is 0 Å². The van der Waals surface area contributed by atoms with Gasteiger partial charge in [-0.15, -0.1) is 0 Å². The van der Waals surface area contributed by atoms with Gasteiger partial charge >= 0.3 is 0 Å². The molecule has 0 radical (unpaired) electrons. The third-order valence-corrected chi connectivity index (χ3v) is 3.94. The average Bonchev–Trinajstić information content (AvgIpc) is 2.43. The maximum atomic E-state index is 5.54. The first-order valence-electron chi connectivity index (χ1n) is 7.31. The van der Waals surface area contributed by atoms with E-state index in [9.17, 15) is 0 Å². The number of ether oxygens (including phenoxy) is 2. The van der Waals surface area contributed by atoms with E-state index in [1.54, 1.807) is 14.2 Å². The normalized spacial score (nSPS) is 16.3. The Morgan fingerprint density at radius 2 is 1.79 bits per heavy atom. The van der Waals surface area contributed by atoms with Crippen molar-refractivity contribution in [2.24, 2.45) is 0 Å². The second kappa shape index (κ2) is 10.4. The highest BCUT2D eigenvalue weighted by Gasteiger charge is 2.17. The topological polar surface area (TPSA) is 33.7 Å². The number of hydrogen-bond acceptors (Lipinski definition) is 3. The molecular weight excluding hydrogens is 260 g/mol. The minimum Gasteiger partial charge on any atom is -0.385 e. The molecule has 0 bridgehead atoms. The van der Waals surface area contributed by atoms with Gasteiger partial charge in [0.05, 0.1) is 6.61 Å². The lowest BCUT2D eigenvalue weighted by molar-refractivity contribution is 0.160. The summed E-state index contributed by atoms with van der Waals surface area (Å²) in [7, 11) is 3.46. The molecule has 0 unspecified atom stereocenters. The van der Waals surface area contributed by atoms with Crippen LogP contribution in [0.4, 0.5) is 0 Å². The molecule has 0 heterocycles. The van der Waals surface area contributed by atoms with Crippen LogP contribution in [0.25, 0.3) is 0 Å². The molecule has 19 heavy (non-hydrogen) atoms. The fourth-order valence-corrected chi connectivity index (χ4v) is 2.78. The Morgan fingerprint density at radius 1 is 1.11 bits per heavy atom. The van der Waals surface area contributed by atoms with Gasteiger partial charge < -0.3 is 19.7 Å². The van der Waals surface area contributed by atoms with Gasteiger partial charge in [0.1, 0.15) is 0 Å². The van der Waals surface area contributed by atoms with Gasteiger partial charge in [0.2, 0.25) is 0 Å². The quantitative estimate of drug-likeness (QED) is 0.547. The molecule has 0 aromatic rings. The Morgan fingerprint density at radius 3 is 2.42 bits per heavy atom. The molecule has 1 saturated carbocycles. The van der Waals surface area contributed by atoms with Crippen LogP contribution in [-0.2, 0) is 9.47 Å². The Labute approximate surface area is 122 Å². The Balaban J connectivity index is 2.35. The van der Waals surface area contributed by atoms with Crippen LogP contribution in [0.15, 0.2) is 0 Å². The summed E-state index contributed by atoms with van der Waals surface area (Å²) in [6, 6.07) is 0.564. The van der Waals surface area contributed by atoms with E-state index in [0.717, 1.165) is 31.2 Å². The van der Waals surface area contributed by atoms with Crippen LogP contribution in [0.3, 0.4) is 0 Å². The van der Waals surface area contributed by atoms with Crippen LogP contribution < -0.4 is 5.32 Å². The van der Waals surface area contributed by atoms with Gasteiger partial charge in [-0.05, 0) is 31.5 Å². The highest BCUT2D eigenvalue weighted by atomic mass is 32.1. The number of nitrogens with zero attached hydrogens (tertiary/aromatic N) is 1. The highest BCUT2D eigenvalue weighted by molar-refractivity contribution is 7.80. The summed E-state index contributed by atoms with van der Waals surface area (Å²) in [4.78, 5) is 2.20. The smallest absolute Gasteiger partial charge is 0.169 e. The van der Waals surface area contributed by atoms with Crippen LogP contribution in [0, 0.1) is 0 Å². The molecule has 5 heteroatoms. The van der Waals surface area contributed by atoms with Crippen molar-refractivity contribution in [3.63, 3.8) is 0 Å². The van der Waals surface area contributed by atoms with E-state index in [2.05, 4.69) is 10.2 Å². The molecule has 0 saturated heterocycles. The number of nitrogens with one attached hydrogen (secondary N) is 1. The molecule has 4 nitrogen and oxygen atoms in total. The minimum absolute atomic E-state index is 0.564. The van der Waals surface area contributed by atoms with Gasteiger partial charge in [-0.1, -0.05) is 19.3 Å². The van der Waals surface area contributed by atoms with E-state index < -0.39 is 0 Å². The van der Waals surface area contributed by atoms with E-state index in [0.29, 0.717) is 12.6 Å². The van der Waals surface area contributed by atoms with Gasteiger partial charge in [-0.2, -0.15) is 0 Å². The molecule has 112 valence electrons. The average molecular weight is 288 g/mol. The zero-order chi connectivity index (χ0) is 13.9. The van der Waals surface area contributed by atoms with Crippen molar-refractivity contribution in [3.8, 4) is 0 Å². The summed E-state index contributed by atoms with van der Waals surface area (Å²) in [5, 5.41) is 4.39. The molecule has 1 N–H and O–H groups in total. The molecule has 1 aliphatic rings. The second-order valence-electron chi connectivity index (χ2n) is 5.11. The predicted molar refractivity (Wildman–Crippen MR) is 82.5 cm³/mol. The largest absolute Gasteiger partial charge is 0.385 e. The SMILES string of the molecule is COCCCN(CCOC)C(=S)NC1CCCCC1. The van der Waals surface area contributed by atoms with Crippen LogP contribution >= 0.6 is 12.2 Å². The van der Waals surface area contributed by atoms with Gasteiger partial charge in [-0.25, -0.2) is 0 Å². The highest BCUT2D eigenvalue weighted by Crippen LogP contribution is 2.17. The zero-order valence-electron chi connectivity index (χ0n) is 12.3. The van der Waals surface area contributed by atoms with Crippen molar-refractivity contribution in [1.82, 2.24) is 10.2 Å². The van der Waals surface area contributed by atoms with Crippen LogP contribution in [0.1, 0.15) is 38.5 Å². The summed E-state index contributed by atoms with van der Waals surface area (Å²) in [5.74, 6) is 0. The predicted octanol–water partition coefficient (Wildman–Crippen LogP) is 2.18. The summed E-state index contributed by atoms with van der Waals surface area (Å²) in [6.07, 6.45) is 7.50. The van der Waals surface area contributed by atoms with Crippen LogP contribution in [0.2, 0.25) is 0 Å². The third-order valence-electron chi connectivity index (χ3n) is 3.56. The number of hydrogen-bond donors (Lipinski definition) is 1. The molecule has 1 rings (SSSR count). The molecule has 1 fully saturated rings. The van der Waals surface area contributed by atoms with Crippen LogP contribution in [0.5, 0.6) is 0 Å². The Hall–Kier alpha value is -0.390. The molecule has 0 atom stereocenters. The number of methoxy groups -OCH3 is 2. The molecule has 0 aliphatic heterocycles. The van der Waals surface area contributed by atoms with E-state index >= 15 is 0 Å². The molecule has 0 spiro atoms. The van der Waals surface area contributed by atoms with Gasteiger partial charge in [0.15, 0.2) is 5.11 Å². The van der Waals surface area contributed by atoms with Crippen molar-refractivity contribution >= 4 is 17.3 Å². The number of thiocarbonyl (C=S) groups is 1. The lowest BCUT2D eigenvalue weighted by Crippen LogP contribution is -2.46. The maximum Gasteiger partial charge on any atom is 0.169 e. The Bertz CT molecular complexity index is 246. The first kappa shape index (κ1) is 16.7. The summed E-state index contributed by atoms with van der Waals surface area (Å²) < 4.78 is 10.3. The van der Waals surface area contributed by atoms with E-state index in [1.807, 2.05) is 0 Å². The maximum absolute atomic E-state index is 5.54. The summed E-state index contributed by atoms with van der Waals surface area (Å²) >= 11 is 5.54. The summed E-state index contributed by atoms with van der Waals surface area (Å²) in [6.45, 7) is 3.25. The first-order valence-corrected chi connectivity index (χ1v) is 7.72. The van der Waals surface area contributed by atoms with E-state index in [1.165, 1.54) is 32.1 Å². The first-order chi connectivity index (χ1) is 9.27. The monoisotopic (exact) mass is 288 g/mol. The number of rotatable bonds is 8. The summed E-state index contributed by atoms with van der Waals surface area (Å²) in [5.41, 5.74) is 0. The molecule has 0 aromatic carbocycles. The van der Waals surface area contributed by atoms with Crippen molar-refractivity contribution in [2.75, 3.05) is 40.5 Å². The molecule has 0 amide bonds. The van der Waals surface area contributed by atoms with E-state index in [4.69, 9.17) is 21.7 Å². The van der Waals surface area contributed by atoms with Crippen molar-refractivity contribution in [3.05, 3.63) is 0 Å². The lowest BCUT2D eigenvalue weighted by atomic mass is 9.96. The second-order valence-corrected chi connectivity index (χ2v) is 5.50.